The molecule has 3 atom stereocenters. The second-order valence-electron chi connectivity index (χ2n) is 3.72. The van der Waals surface area contributed by atoms with Crippen molar-refractivity contribution in [2.24, 2.45) is 4.99 Å². The van der Waals surface area contributed by atoms with Gasteiger partial charge in [0.05, 0.1) is 12.7 Å². The van der Waals surface area contributed by atoms with Gasteiger partial charge in [0.2, 0.25) is 5.88 Å². The predicted molar refractivity (Wildman–Crippen MR) is 77.9 cm³/mol. The first-order valence-electron chi connectivity index (χ1n) is 4.97. The topological polar surface area (TPSA) is 105 Å². The number of rotatable bonds is 2. The Hall–Kier alpha value is -0.511. The largest absolute Gasteiger partial charge is 0.493 e. The summed E-state index contributed by atoms with van der Waals surface area (Å²) in [6, 6.07) is -0.601. The predicted octanol–water partition coefficient (Wildman–Crippen LogP) is 0.484. The van der Waals surface area contributed by atoms with Crippen LogP contribution in [0.4, 0.5) is 0 Å². The molecular weight excluding hydrogens is 371 g/mol. The molecule has 8 heteroatoms. The van der Waals surface area contributed by atoms with E-state index in [4.69, 9.17) is 14.9 Å². The fourth-order valence-electron chi connectivity index (χ4n) is 1.78. The molecule has 2 aliphatic rings. The van der Waals surface area contributed by atoms with Crippen LogP contribution in [0.2, 0.25) is 0 Å². The van der Waals surface area contributed by atoms with E-state index in [0.717, 1.165) is 0 Å². The van der Waals surface area contributed by atoms with Crippen LogP contribution in [0.15, 0.2) is 17.0 Å². The summed E-state index contributed by atoms with van der Waals surface area (Å²) in [6.45, 7) is -0.109. The Balaban J connectivity index is -0.000000722. The third kappa shape index (κ3) is 5.12. The third-order valence-corrected chi connectivity index (χ3v) is 2.66. The van der Waals surface area contributed by atoms with E-state index >= 15 is 0 Å². The molecule has 0 aliphatic carbocycles. The monoisotopic (exact) mass is 397 g/mol. The van der Waals surface area contributed by atoms with Gasteiger partial charge >= 0.3 is 6.02 Å². The molecule has 2 heterocycles. The Labute approximate surface area is 137 Å². The standard InChI is InChI=1S/C9H13N2O5.3CH4.Sn/c12-4-6-5(13)3-8(16-6)11-2-1-7(14)10-9(11)15;;;;/h1,5-6,8,12-14H,2-4H2;3*1H4;/t5-,6+,8+;;;;/m0..../s1. The average molecular weight is 396 g/mol. The van der Waals surface area contributed by atoms with Gasteiger partial charge in [-0.05, 0) is 6.08 Å². The minimum Gasteiger partial charge on any atom is -0.493 e. The summed E-state index contributed by atoms with van der Waals surface area (Å²) in [4.78, 5) is 4.65. The number of aliphatic hydroxyl groups is 3. The molecular formula is C12H25N2O5Sn. The number of aliphatic imine (C=N–C) groups is 1. The second-order valence-corrected chi connectivity index (χ2v) is 3.72. The number of hydrogen-bond acceptors (Lipinski definition) is 6. The van der Waals surface area contributed by atoms with Crippen molar-refractivity contribution in [1.29, 1.82) is 0 Å². The van der Waals surface area contributed by atoms with E-state index < -0.39 is 24.5 Å². The minimum absolute atomic E-state index is 0. The van der Waals surface area contributed by atoms with E-state index in [-0.39, 0.29) is 71.6 Å². The van der Waals surface area contributed by atoms with E-state index in [1.165, 1.54) is 11.0 Å². The molecule has 0 aromatic heterocycles. The first kappa shape index (κ1) is 24.5. The van der Waals surface area contributed by atoms with E-state index in [1.807, 2.05) is 0 Å². The van der Waals surface area contributed by atoms with E-state index in [0.29, 0.717) is 0 Å². The van der Waals surface area contributed by atoms with Crippen LogP contribution in [0.3, 0.4) is 0 Å². The molecule has 1 saturated heterocycles. The molecule has 0 spiro atoms. The molecule has 0 unspecified atom stereocenters. The van der Waals surface area contributed by atoms with Crippen LogP contribution in [0.25, 0.3) is 0 Å². The van der Waals surface area contributed by atoms with Gasteiger partial charge in [-0.25, -0.2) is 5.11 Å². The zero-order valence-corrected chi connectivity index (χ0v) is 11.8. The SMILES string of the molecule is C.C.C.[O]C1=NC(O)=CCN1[C@H]1C[C@H](O)[C@@H](CO)O1.[Sn]. The van der Waals surface area contributed by atoms with Crippen molar-refractivity contribution < 1.29 is 25.2 Å². The summed E-state index contributed by atoms with van der Waals surface area (Å²) in [5.41, 5.74) is 0. The third-order valence-electron chi connectivity index (χ3n) is 2.66. The first-order chi connectivity index (χ1) is 7.61. The van der Waals surface area contributed by atoms with Gasteiger partial charge in [-0.3, -0.25) is 4.90 Å². The molecule has 20 heavy (non-hydrogen) atoms. The molecule has 5 radical (unpaired) electrons. The van der Waals surface area contributed by atoms with Crippen LogP contribution in [-0.4, -0.2) is 81.7 Å². The van der Waals surface area contributed by atoms with Crippen LogP contribution < -0.4 is 0 Å². The van der Waals surface area contributed by atoms with Crippen molar-refractivity contribution in [3.8, 4) is 0 Å². The Bertz CT molecular complexity index is 338. The van der Waals surface area contributed by atoms with Gasteiger partial charge in [0.25, 0.3) is 0 Å². The fourth-order valence-corrected chi connectivity index (χ4v) is 1.78. The summed E-state index contributed by atoms with van der Waals surface area (Å²) >= 11 is 0. The van der Waals surface area contributed by atoms with Crippen LogP contribution in [0.5, 0.6) is 0 Å². The smallest absolute Gasteiger partial charge is 0.349 e. The zero-order chi connectivity index (χ0) is 11.7. The molecule has 2 aliphatic heterocycles. The average Bonchev–Trinajstić information content (AvgIpc) is 2.59. The van der Waals surface area contributed by atoms with Crippen LogP contribution in [0.1, 0.15) is 28.7 Å². The Morgan fingerprint density at radius 1 is 1.40 bits per heavy atom. The van der Waals surface area contributed by atoms with E-state index in [9.17, 15) is 10.2 Å². The van der Waals surface area contributed by atoms with Gasteiger partial charge in [-0.2, -0.15) is 4.99 Å². The second kappa shape index (κ2) is 10.2. The van der Waals surface area contributed by atoms with Gasteiger partial charge in [-0.15, -0.1) is 0 Å². The number of amidine groups is 1. The Morgan fingerprint density at radius 3 is 2.45 bits per heavy atom. The quantitative estimate of drug-likeness (QED) is 0.590. The molecule has 0 saturated carbocycles. The number of ether oxygens (including phenoxy) is 1. The van der Waals surface area contributed by atoms with Crippen LogP contribution in [0, 0.1) is 0 Å². The van der Waals surface area contributed by atoms with Crippen molar-refractivity contribution >= 4 is 29.9 Å². The van der Waals surface area contributed by atoms with Crippen molar-refractivity contribution in [1.82, 2.24) is 4.90 Å². The molecule has 1 fully saturated rings. The summed E-state index contributed by atoms with van der Waals surface area (Å²) < 4.78 is 5.30. The van der Waals surface area contributed by atoms with Gasteiger partial charge in [0, 0.05) is 36.9 Å². The number of aliphatic hydroxyl groups excluding tert-OH is 3. The summed E-state index contributed by atoms with van der Waals surface area (Å²) in [7, 11) is 0. The normalized spacial score (nSPS) is 27.9. The molecule has 117 valence electrons. The van der Waals surface area contributed by atoms with Crippen molar-refractivity contribution in [2.75, 3.05) is 13.2 Å². The molecule has 0 aromatic rings. The zero-order valence-electron chi connectivity index (χ0n) is 8.98. The molecule has 0 amide bonds. The van der Waals surface area contributed by atoms with Crippen LogP contribution in [-0.2, 0) is 9.84 Å². The first-order valence-corrected chi connectivity index (χ1v) is 4.97. The Morgan fingerprint density at radius 2 is 2.00 bits per heavy atom. The van der Waals surface area contributed by atoms with Crippen molar-refractivity contribution in [2.45, 2.75) is 47.1 Å². The van der Waals surface area contributed by atoms with E-state index in [2.05, 4.69) is 4.99 Å². The Kier molecular flexibility index (Phi) is 12.6. The summed E-state index contributed by atoms with van der Waals surface area (Å²) in [5.74, 6) is -0.307. The van der Waals surface area contributed by atoms with Crippen molar-refractivity contribution in [3.63, 3.8) is 0 Å². The molecule has 3 N–H and O–H groups in total. The van der Waals surface area contributed by atoms with Gasteiger partial charge < -0.3 is 20.1 Å². The molecule has 0 aromatic carbocycles. The maximum absolute atomic E-state index is 11.4. The summed E-state index contributed by atoms with van der Waals surface area (Å²) in [5, 5.41) is 38.8. The number of nitrogens with zero attached hydrogens (tertiary/aromatic N) is 2. The molecule has 0 bridgehead atoms. The van der Waals surface area contributed by atoms with Crippen LogP contribution >= 0.6 is 0 Å². The van der Waals surface area contributed by atoms with Gasteiger partial charge in [0.15, 0.2) is 0 Å². The molecule has 7 nitrogen and oxygen atoms in total. The fraction of sp³-hybridized carbons (Fsp3) is 0.750. The van der Waals surface area contributed by atoms with E-state index in [1.54, 1.807) is 0 Å². The van der Waals surface area contributed by atoms with Gasteiger partial charge in [0.1, 0.15) is 12.3 Å². The maximum atomic E-state index is 11.4. The van der Waals surface area contributed by atoms with Gasteiger partial charge in [-0.1, -0.05) is 22.3 Å². The summed E-state index contributed by atoms with van der Waals surface area (Å²) in [6.07, 6.45) is -0.447. The maximum Gasteiger partial charge on any atom is 0.349 e. The van der Waals surface area contributed by atoms with Crippen molar-refractivity contribution in [3.05, 3.63) is 12.0 Å². The minimum atomic E-state index is -0.790. The number of hydrogen-bond donors (Lipinski definition) is 3. The molecule has 2 rings (SSSR count).